The van der Waals surface area contributed by atoms with Crippen molar-refractivity contribution in [1.82, 2.24) is 5.32 Å². The number of nitrogens with one attached hydrogen (secondary N) is 1. The molecule has 9 nitrogen and oxygen atoms in total. The zero-order valence-corrected chi connectivity index (χ0v) is 46.4. The molecule has 418 valence electrons. The zero-order valence-electron chi connectivity index (χ0n) is 46.4. The Balaban J connectivity index is 2.25. The number of rotatable bonds is 49. The summed E-state index contributed by atoms with van der Waals surface area (Å²) in [5.74, 6) is -0.195. The van der Waals surface area contributed by atoms with Crippen LogP contribution in [0.1, 0.15) is 232 Å². The van der Waals surface area contributed by atoms with Crippen molar-refractivity contribution >= 4 is 5.91 Å². The lowest BCUT2D eigenvalue weighted by Crippen LogP contribution is -2.60. The molecule has 0 radical (unpaired) electrons. The van der Waals surface area contributed by atoms with Crippen molar-refractivity contribution in [3.05, 3.63) is 109 Å². The van der Waals surface area contributed by atoms with Crippen LogP contribution in [0.15, 0.2) is 109 Å². The maximum absolute atomic E-state index is 13.1. The lowest BCUT2D eigenvalue weighted by Gasteiger charge is -2.40. The molecule has 9 heteroatoms. The number of ether oxygens (including phenoxy) is 2. The van der Waals surface area contributed by atoms with E-state index in [2.05, 4.69) is 116 Å². The van der Waals surface area contributed by atoms with Crippen LogP contribution in [-0.2, 0) is 14.3 Å². The molecule has 1 fully saturated rings. The summed E-state index contributed by atoms with van der Waals surface area (Å²) in [5.41, 5.74) is 0. The molecule has 1 saturated heterocycles. The molecule has 7 atom stereocenters. The van der Waals surface area contributed by atoms with Gasteiger partial charge in [-0.25, -0.2) is 0 Å². The van der Waals surface area contributed by atoms with E-state index in [-0.39, 0.29) is 12.5 Å². The van der Waals surface area contributed by atoms with E-state index in [1.54, 1.807) is 6.08 Å². The maximum Gasteiger partial charge on any atom is 0.220 e. The van der Waals surface area contributed by atoms with Gasteiger partial charge in [-0.05, 0) is 83.5 Å². The van der Waals surface area contributed by atoms with Crippen LogP contribution in [0.3, 0.4) is 0 Å². The van der Waals surface area contributed by atoms with Crippen molar-refractivity contribution in [3.8, 4) is 0 Å². The van der Waals surface area contributed by atoms with Gasteiger partial charge in [0.2, 0.25) is 5.91 Å². The van der Waals surface area contributed by atoms with Crippen molar-refractivity contribution in [3.63, 3.8) is 0 Å². The number of amides is 1. The highest BCUT2D eigenvalue weighted by Gasteiger charge is 2.44. The number of hydrogen-bond acceptors (Lipinski definition) is 8. The quantitative estimate of drug-likeness (QED) is 0.0261. The highest BCUT2D eigenvalue weighted by atomic mass is 16.7. The molecule has 0 aromatic carbocycles. The Morgan fingerprint density at radius 2 is 0.849 bits per heavy atom. The van der Waals surface area contributed by atoms with Gasteiger partial charge in [0, 0.05) is 6.42 Å². The Kier molecular flexibility index (Phi) is 48.6. The summed E-state index contributed by atoms with van der Waals surface area (Å²) in [6.07, 6.45) is 70.0. The van der Waals surface area contributed by atoms with Gasteiger partial charge < -0.3 is 40.3 Å². The zero-order chi connectivity index (χ0) is 52.9. The number of hydrogen-bond donors (Lipinski definition) is 6. The third-order valence-electron chi connectivity index (χ3n) is 13.4. The summed E-state index contributed by atoms with van der Waals surface area (Å²) in [6.45, 7) is 3.66. The van der Waals surface area contributed by atoms with Gasteiger partial charge in [0.1, 0.15) is 24.4 Å². The average molecular weight is 1020 g/mol. The Labute approximate surface area is 446 Å². The predicted octanol–water partition coefficient (Wildman–Crippen LogP) is 15.0. The van der Waals surface area contributed by atoms with Gasteiger partial charge in [-0.3, -0.25) is 4.79 Å². The molecular weight excluding hydrogens is 911 g/mol. The van der Waals surface area contributed by atoms with Crippen molar-refractivity contribution in [2.75, 3.05) is 13.2 Å². The molecule has 6 N–H and O–H groups in total. The topological polar surface area (TPSA) is 149 Å². The molecule has 1 aliphatic heterocycles. The highest BCUT2D eigenvalue weighted by molar-refractivity contribution is 5.76. The fourth-order valence-electron chi connectivity index (χ4n) is 8.70. The van der Waals surface area contributed by atoms with E-state index in [1.807, 2.05) is 6.08 Å². The van der Waals surface area contributed by atoms with Crippen LogP contribution in [0.2, 0.25) is 0 Å². The number of allylic oxidation sites excluding steroid dienone is 17. The summed E-state index contributed by atoms with van der Waals surface area (Å²) in [5, 5.41) is 54.5. The Hall–Kier alpha value is -3.15. The van der Waals surface area contributed by atoms with Gasteiger partial charge >= 0.3 is 0 Å². The minimum absolute atomic E-state index is 0.195. The molecule has 7 unspecified atom stereocenters. The minimum Gasteiger partial charge on any atom is -0.394 e. The first kappa shape index (κ1) is 67.9. The van der Waals surface area contributed by atoms with Crippen molar-refractivity contribution in [2.24, 2.45) is 0 Å². The van der Waals surface area contributed by atoms with Gasteiger partial charge in [-0.1, -0.05) is 252 Å². The van der Waals surface area contributed by atoms with E-state index in [4.69, 9.17) is 9.47 Å². The lowest BCUT2D eigenvalue weighted by molar-refractivity contribution is -0.302. The summed E-state index contributed by atoms with van der Waals surface area (Å²) >= 11 is 0. The predicted molar refractivity (Wildman–Crippen MR) is 308 cm³/mol. The second kappa shape index (κ2) is 52.3. The molecule has 73 heavy (non-hydrogen) atoms. The number of carbonyl (C=O) groups excluding carboxylic acids is 1. The largest absolute Gasteiger partial charge is 0.394 e. The Morgan fingerprint density at radius 3 is 1.26 bits per heavy atom. The molecule has 0 bridgehead atoms. The Bertz CT molecular complexity index is 1510. The van der Waals surface area contributed by atoms with Gasteiger partial charge in [0.15, 0.2) is 6.29 Å². The molecule has 1 aliphatic rings. The van der Waals surface area contributed by atoms with Crippen LogP contribution >= 0.6 is 0 Å². The highest BCUT2D eigenvalue weighted by Crippen LogP contribution is 2.23. The van der Waals surface area contributed by atoms with Gasteiger partial charge in [-0.15, -0.1) is 0 Å². The molecule has 1 rings (SSSR count). The SMILES string of the molecule is CC/C=C\C/C=C\C/C=C\C/C=C\C/C=C\C/C=C\C/C=C\C/C=C\CCCCCCCCC(=O)NC(COC1OC(CO)C(O)C(O)C1O)C(O)/C=C/CCCCCCCCCCCCCCCCCCC. The van der Waals surface area contributed by atoms with E-state index in [0.717, 1.165) is 116 Å². The molecule has 0 aliphatic carbocycles. The van der Waals surface area contributed by atoms with Crippen molar-refractivity contribution in [1.29, 1.82) is 0 Å². The molecular formula is C64H109NO8. The fourth-order valence-corrected chi connectivity index (χ4v) is 8.70. The number of aliphatic hydroxyl groups is 5. The van der Waals surface area contributed by atoms with Crippen molar-refractivity contribution < 1.29 is 39.8 Å². The monoisotopic (exact) mass is 1020 g/mol. The Morgan fingerprint density at radius 1 is 0.479 bits per heavy atom. The first-order valence-electron chi connectivity index (χ1n) is 29.6. The summed E-state index contributed by atoms with van der Waals surface area (Å²) in [6, 6.07) is -0.821. The van der Waals surface area contributed by atoms with Crippen LogP contribution < -0.4 is 5.32 Å². The lowest BCUT2D eigenvalue weighted by atomic mass is 9.99. The number of carbonyl (C=O) groups is 1. The average Bonchev–Trinajstić information content (AvgIpc) is 3.39. The second-order valence-corrected chi connectivity index (χ2v) is 20.1. The van der Waals surface area contributed by atoms with E-state index >= 15 is 0 Å². The first-order valence-corrected chi connectivity index (χ1v) is 29.6. The smallest absolute Gasteiger partial charge is 0.220 e. The summed E-state index contributed by atoms with van der Waals surface area (Å²) in [7, 11) is 0. The molecule has 0 saturated carbocycles. The molecule has 1 heterocycles. The van der Waals surface area contributed by atoms with Gasteiger partial charge in [0.25, 0.3) is 0 Å². The van der Waals surface area contributed by atoms with E-state index in [0.29, 0.717) is 6.42 Å². The molecule has 0 spiro atoms. The third-order valence-corrected chi connectivity index (χ3v) is 13.4. The van der Waals surface area contributed by atoms with E-state index < -0.39 is 49.5 Å². The van der Waals surface area contributed by atoms with Crippen LogP contribution in [0.5, 0.6) is 0 Å². The van der Waals surface area contributed by atoms with Gasteiger partial charge in [-0.2, -0.15) is 0 Å². The molecule has 0 aromatic rings. The van der Waals surface area contributed by atoms with E-state index in [1.165, 1.54) is 96.3 Å². The van der Waals surface area contributed by atoms with E-state index in [9.17, 15) is 30.3 Å². The number of unbranched alkanes of at least 4 members (excludes halogenated alkanes) is 23. The van der Waals surface area contributed by atoms with Crippen molar-refractivity contribution in [2.45, 2.75) is 275 Å². The third kappa shape index (κ3) is 41.7. The normalized spacial score (nSPS) is 19.9. The number of aliphatic hydroxyl groups excluding tert-OH is 5. The van der Waals surface area contributed by atoms with Crippen LogP contribution in [0.25, 0.3) is 0 Å². The first-order chi connectivity index (χ1) is 35.8. The standard InChI is InChI=1S/C64H109NO8/c1-3-5-7-9-11-13-15-17-19-21-23-24-25-26-27-28-29-30-31-32-33-34-36-38-40-42-44-46-48-50-52-54-60(68)65-57(56-72-64-63(71)62(70)61(69)59(55-66)73-64)58(67)53-51-49-47-45-43-41-39-37-35-22-20-18-16-14-12-10-8-6-4-2/h5,7,11,13,17,19,23-24,26-27,29-30,32-33,36,38,51,53,57-59,61-64,66-67,69-71H,3-4,6,8-10,12,14-16,18,20-22,25,28,31,34-35,37,39-50,52,54-56H2,1-2H3,(H,65,68)/b7-5-,13-11-,19-17-,24-23-,27-26-,30-29-,33-32-,38-36-,53-51+. The molecule has 1 amide bonds. The van der Waals surface area contributed by atoms with Gasteiger partial charge in [0.05, 0.1) is 25.4 Å². The second-order valence-electron chi connectivity index (χ2n) is 20.1. The fraction of sp³-hybridized carbons (Fsp3) is 0.703. The maximum atomic E-state index is 13.1. The van der Waals surface area contributed by atoms with Crippen LogP contribution in [0.4, 0.5) is 0 Å². The minimum atomic E-state index is -1.58. The molecule has 0 aromatic heterocycles. The van der Waals surface area contributed by atoms with Crippen LogP contribution in [0, 0.1) is 0 Å². The summed E-state index contributed by atoms with van der Waals surface area (Å²) in [4.78, 5) is 13.1. The summed E-state index contributed by atoms with van der Waals surface area (Å²) < 4.78 is 11.3. The van der Waals surface area contributed by atoms with Crippen LogP contribution in [-0.4, -0.2) is 87.5 Å².